The lowest BCUT2D eigenvalue weighted by Crippen LogP contribution is -2.53. The van der Waals surface area contributed by atoms with Gasteiger partial charge in [-0.3, -0.25) is 0 Å². The molecule has 19 heavy (non-hydrogen) atoms. The molecule has 0 N–H and O–H groups in total. The number of nitrogens with zero attached hydrogens (tertiary/aromatic N) is 1. The molecule has 1 atom stereocenters. The maximum absolute atomic E-state index is 13.2. The molecule has 1 heterocycles. The van der Waals surface area contributed by atoms with Gasteiger partial charge in [-0.2, -0.15) is 13.2 Å². The summed E-state index contributed by atoms with van der Waals surface area (Å²) in [6, 6.07) is 0. The van der Waals surface area contributed by atoms with E-state index >= 15 is 0 Å². The third-order valence-corrected chi connectivity index (χ3v) is 3.46. The first-order valence-corrected chi connectivity index (χ1v) is 6.10. The molecular formula is C12H18F3NO3. The number of ether oxygens (including phenoxy) is 1. The van der Waals surface area contributed by atoms with Gasteiger partial charge in [0.15, 0.2) is 0 Å². The van der Waals surface area contributed by atoms with Crippen molar-refractivity contribution in [3.05, 3.63) is 0 Å². The molecule has 0 saturated heterocycles. The SMILES string of the molecule is CCOC(=O)C1(C(F)(F)F)CC(C(C)(C)CC)=NO1. The van der Waals surface area contributed by atoms with E-state index in [2.05, 4.69) is 14.7 Å². The molecule has 0 aliphatic carbocycles. The van der Waals surface area contributed by atoms with Gasteiger partial charge in [0.25, 0.3) is 0 Å². The standard InChI is InChI=1S/C12H18F3NO3/c1-5-10(3,4)8-7-11(19-16-8,12(13,14)15)9(17)18-6-2/h5-7H2,1-4H3. The van der Waals surface area contributed by atoms with Crippen LogP contribution in [0.4, 0.5) is 13.2 Å². The Morgan fingerprint density at radius 3 is 2.42 bits per heavy atom. The van der Waals surface area contributed by atoms with Gasteiger partial charge in [0.2, 0.25) is 0 Å². The van der Waals surface area contributed by atoms with Crippen molar-refractivity contribution in [2.75, 3.05) is 6.61 Å². The lowest BCUT2D eigenvalue weighted by molar-refractivity contribution is -0.269. The van der Waals surface area contributed by atoms with Gasteiger partial charge in [0.05, 0.1) is 18.7 Å². The molecule has 0 spiro atoms. The highest BCUT2D eigenvalue weighted by molar-refractivity contribution is 5.97. The first kappa shape index (κ1) is 15.8. The number of hydrogen-bond acceptors (Lipinski definition) is 4. The van der Waals surface area contributed by atoms with E-state index in [1.54, 1.807) is 13.8 Å². The minimum atomic E-state index is -4.87. The highest BCUT2D eigenvalue weighted by Crippen LogP contribution is 2.44. The van der Waals surface area contributed by atoms with Crippen LogP contribution in [-0.2, 0) is 14.4 Å². The maximum atomic E-state index is 13.2. The zero-order valence-electron chi connectivity index (χ0n) is 11.4. The molecule has 0 aromatic carbocycles. The van der Waals surface area contributed by atoms with Crippen molar-refractivity contribution in [2.45, 2.75) is 52.3 Å². The zero-order chi connectivity index (χ0) is 14.9. The lowest BCUT2D eigenvalue weighted by Gasteiger charge is -2.28. The zero-order valence-corrected chi connectivity index (χ0v) is 11.4. The molecule has 4 nitrogen and oxygen atoms in total. The van der Waals surface area contributed by atoms with Gasteiger partial charge >= 0.3 is 17.7 Å². The van der Waals surface area contributed by atoms with E-state index < -0.39 is 29.6 Å². The topological polar surface area (TPSA) is 47.9 Å². The first-order chi connectivity index (χ1) is 8.60. The molecule has 1 unspecified atom stereocenters. The van der Waals surface area contributed by atoms with Crippen LogP contribution in [0.2, 0.25) is 0 Å². The molecular weight excluding hydrogens is 263 g/mol. The third kappa shape index (κ3) is 2.69. The summed E-state index contributed by atoms with van der Waals surface area (Å²) in [6.07, 6.45) is -4.89. The Kier molecular flexibility index (Phi) is 4.17. The third-order valence-electron chi connectivity index (χ3n) is 3.46. The molecule has 0 aromatic rings. The fraction of sp³-hybridized carbons (Fsp3) is 0.833. The lowest BCUT2D eigenvalue weighted by atomic mass is 9.79. The Hall–Kier alpha value is -1.27. The smallest absolute Gasteiger partial charge is 0.442 e. The average molecular weight is 281 g/mol. The van der Waals surface area contributed by atoms with E-state index in [-0.39, 0.29) is 12.3 Å². The van der Waals surface area contributed by atoms with E-state index in [4.69, 9.17) is 0 Å². The second-order valence-electron chi connectivity index (χ2n) is 5.09. The molecule has 1 rings (SSSR count). The van der Waals surface area contributed by atoms with Gasteiger partial charge < -0.3 is 9.57 Å². The van der Waals surface area contributed by atoms with E-state index in [0.717, 1.165) is 0 Å². The van der Waals surface area contributed by atoms with Crippen LogP contribution in [0.3, 0.4) is 0 Å². The molecule has 1 aliphatic rings. The van der Waals surface area contributed by atoms with Crippen molar-refractivity contribution in [1.29, 1.82) is 0 Å². The average Bonchev–Trinajstić information content (AvgIpc) is 2.75. The molecule has 0 saturated carbocycles. The molecule has 0 fully saturated rings. The highest BCUT2D eigenvalue weighted by atomic mass is 19.4. The predicted molar refractivity (Wildman–Crippen MR) is 62.6 cm³/mol. The van der Waals surface area contributed by atoms with Crippen molar-refractivity contribution in [1.82, 2.24) is 0 Å². The number of alkyl halides is 3. The van der Waals surface area contributed by atoms with Crippen LogP contribution in [0.5, 0.6) is 0 Å². The van der Waals surface area contributed by atoms with Crippen LogP contribution in [0.15, 0.2) is 5.16 Å². The van der Waals surface area contributed by atoms with Crippen molar-refractivity contribution < 1.29 is 27.5 Å². The van der Waals surface area contributed by atoms with Gasteiger partial charge in [-0.25, -0.2) is 4.79 Å². The van der Waals surface area contributed by atoms with E-state index in [0.29, 0.717) is 6.42 Å². The second-order valence-corrected chi connectivity index (χ2v) is 5.09. The Bertz CT molecular complexity index is 390. The minimum absolute atomic E-state index is 0.146. The van der Waals surface area contributed by atoms with Crippen molar-refractivity contribution >= 4 is 11.7 Å². The Labute approximate surface area is 109 Å². The van der Waals surface area contributed by atoms with Crippen LogP contribution in [-0.4, -0.2) is 30.1 Å². The van der Waals surface area contributed by atoms with Gasteiger partial charge in [0.1, 0.15) is 0 Å². The minimum Gasteiger partial charge on any atom is -0.463 e. The quantitative estimate of drug-likeness (QED) is 0.744. The monoisotopic (exact) mass is 281 g/mol. The number of halogens is 3. The summed E-state index contributed by atoms with van der Waals surface area (Å²) >= 11 is 0. The molecule has 0 aromatic heterocycles. The highest BCUT2D eigenvalue weighted by Gasteiger charge is 2.68. The summed E-state index contributed by atoms with van der Waals surface area (Å²) in [7, 11) is 0. The number of hydrogen-bond donors (Lipinski definition) is 0. The van der Waals surface area contributed by atoms with Gasteiger partial charge in [-0.1, -0.05) is 25.9 Å². The second kappa shape index (κ2) is 5.02. The summed E-state index contributed by atoms with van der Waals surface area (Å²) in [5, 5.41) is 3.50. The van der Waals surface area contributed by atoms with Crippen LogP contribution in [0, 0.1) is 5.41 Å². The van der Waals surface area contributed by atoms with Crippen molar-refractivity contribution in [3.8, 4) is 0 Å². The fourth-order valence-electron chi connectivity index (χ4n) is 1.63. The number of carbonyl (C=O) groups excluding carboxylic acids is 1. The summed E-state index contributed by atoms with van der Waals surface area (Å²) < 4.78 is 44.0. The summed E-state index contributed by atoms with van der Waals surface area (Å²) in [5.74, 6) is -1.44. The van der Waals surface area contributed by atoms with Crippen LogP contribution in [0.25, 0.3) is 0 Å². The first-order valence-electron chi connectivity index (χ1n) is 6.10. The summed E-state index contributed by atoms with van der Waals surface area (Å²) in [6.45, 7) is 6.64. The molecule has 7 heteroatoms. The van der Waals surface area contributed by atoms with Crippen molar-refractivity contribution in [3.63, 3.8) is 0 Å². The molecule has 0 bridgehead atoms. The molecule has 1 aliphatic heterocycles. The van der Waals surface area contributed by atoms with E-state index in [1.165, 1.54) is 6.92 Å². The predicted octanol–water partition coefficient (Wildman–Crippen LogP) is 3.06. The van der Waals surface area contributed by atoms with Crippen LogP contribution >= 0.6 is 0 Å². The Balaban J connectivity index is 3.06. The number of oxime groups is 1. The molecule has 0 amide bonds. The number of carbonyl (C=O) groups is 1. The molecule has 110 valence electrons. The van der Waals surface area contributed by atoms with Gasteiger partial charge in [-0.15, -0.1) is 0 Å². The van der Waals surface area contributed by atoms with E-state index in [1.807, 2.05) is 6.92 Å². The number of rotatable bonds is 4. The summed E-state index contributed by atoms with van der Waals surface area (Å²) in [4.78, 5) is 16.1. The van der Waals surface area contributed by atoms with Crippen LogP contribution < -0.4 is 0 Å². The van der Waals surface area contributed by atoms with E-state index in [9.17, 15) is 18.0 Å². The fourth-order valence-corrected chi connectivity index (χ4v) is 1.63. The number of esters is 1. The van der Waals surface area contributed by atoms with Gasteiger partial charge in [0, 0.05) is 5.41 Å². The summed E-state index contributed by atoms with van der Waals surface area (Å²) in [5.41, 5.74) is -3.33. The van der Waals surface area contributed by atoms with Crippen LogP contribution in [0.1, 0.15) is 40.5 Å². The normalized spacial score (nSPS) is 23.8. The maximum Gasteiger partial charge on any atom is 0.442 e. The largest absolute Gasteiger partial charge is 0.463 e. The van der Waals surface area contributed by atoms with Crippen molar-refractivity contribution in [2.24, 2.45) is 10.6 Å². The van der Waals surface area contributed by atoms with Gasteiger partial charge in [-0.05, 0) is 13.3 Å². The Morgan fingerprint density at radius 1 is 1.42 bits per heavy atom. The Morgan fingerprint density at radius 2 is 2.00 bits per heavy atom. The molecule has 0 radical (unpaired) electrons.